The number of hydrogen-bond acceptors (Lipinski definition) is 1. The van der Waals surface area contributed by atoms with Gasteiger partial charge in [-0.05, 0) is 36.2 Å². The lowest BCUT2D eigenvalue weighted by Crippen LogP contribution is -2.04. The van der Waals surface area contributed by atoms with E-state index in [0.29, 0.717) is 16.1 Å². The minimum Gasteiger partial charge on any atom is -0.294 e. The Morgan fingerprint density at radius 2 is 2.00 bits per heavy atom. The highest BCUT2D eigenvalue weighted by Gasteiger charge is 2.09. The molecule has 0 radical (unpaired) electrons. The van der Waals surface area contributed by atoms with Crippen LogP contribution in [-0.2, 0) is 6.42 Å². The zero-order chi connectivity index (χ0) is 13.1. The molecule has 2 aromatic rings. The number of hydrogen-bond donors (Lipinski definition) is 0. The molecule has 0 aliphatic heterocycles. The van der Waals surface area contributed by atoms with Crippen molar-refractivity contribution in [3.8, 4) is 0 Å². The Labute approximate surface area is 110 Å². The van der Waals surface area contributed by atoms with Crippen molar-refractivity contribution < 1.29 is 9.18 Å². The molecular weight excluding hydrogens is 251 g/mol. The Morgan fingerprint density at radius 3 is 2.67 bits per heavy atom. The van der Waals surface area contributed by atoms with Crippen LogP contribution in [0.15, 0.2) is 42.5 Å². The molecule has 0 N–H and O–H groups in total. The van der Waals surface area contributed by atoms with E-state index in [1.54, 1.807) is 30.3 Å². The van der Waals surface area contributed by atoms with Crippen LogP contribution < -0.4 is 0 Å². The average molecular weight is 263 g/mol. The molecule has 0 heterocycles. The third-order valence-corrected chi connectivity index (χ3v) is 3.15. The Balaban J connectivity index is 2.19. The summed E-state index contributed by atoms with van der Waals surface area (Å²) >= 11 is 5.97. The quantitative estimate of drug-likeness (QED) is 0.757. The van der Waals surface area contributed by atoms with Gasteiger partial charge in [0, 0.05) is 17.0 Å². The largest absolute Gasteiger partial charge is 0.294 e. The number of Topliss-reactive ketones (excluding diaryl/α,β-unsaturated/α-hetero) is 1. The smallest absolute Gasteiger partial charge is 0.167 e. The molecule has 0 unspecified atom stereocenters. The maximum Gasteiger partial charge on any atom is 0.167 e. The van der Waals surface area contributed by atoms with Gasteiger partial charge in [-0.1, -0.05) is 35.9 Å². The van der Waals surface area contributed by atoms with Crippen molar-refractivity contribution in [3.63, 3.8) is 0 Å². The van der Waals surface area contributed by atoms with Gasteiger partial charge in [0.15, 0.2) is 5.78 Å². The third kappa shape index (κ3) is 2.96. The summed E-state index contributed by atoms with van der Waals surface area (Å²) in [4.78, 5) is 12.0. The fraction of sp³-hybridized carbons (Fsp3) is 0.133. The number of benzene rings is 2. The lowest BCUT2D eigenvalue weighted by Gasteiger charge is -2.04. The lowest BCUT2D eigenvalue weighted by atomic mass is 10.0. The van der Waals surface area contributed by atoms with Crippen molar-refractivity contribution in [2.75, 3.05) is 0 Å². The predicted octanol–water partition coefficient (Wildman–Crippen LogP) is 4.21. The highest BCUT2D eigenvalue weighted by molar-refractivity contribution is 6.31. The van der Waals surface area contributed by atoms with Crippen LogP contribution in [0.5, 0.6) is 0 Å². The van der Waals surface area contributed by atoms with Gasteiger partial charge in [0.2, 0.25) is 0 Å². The van der Waals surface area contributed by atoms with Crippen LogP contribution >= 0.6 is 11.6 Å². The fourth-order valence-corrected chi connectivity index (χ4v) is 1.88. The maximum absolute atomic E-state index is 13.0. The molecule has 2 rings (SSSR count). The van der Waals surface area contributed by atoms with Crippen LogP contribution in [0.25, 0.3) is 0 Å². The number of carbonyl (C=O) groups is 1. The van der Waals surface area contributed by atoms with Gasteiger partial charge >= 0.3 is 0 Å². The summed E-state index contributed by atoms with van der Waals surface area (Å²) in [6, 6.07) is 11.3. The molecule has 0 saturated carbocycles. The molecule has 0 aromatic heterocycles. The van der Waals surface area contributed by atoms with Crippen molar-refractivity contribution in [2.45, 2.75) is 13.3 Å². The highest BCUT2D eigenvalue weighted by Crippen LogP contribution is 2.18. The number of ketones is 1. The minimum absolute atomic E-state index is 0.0671. The SMILES string of the molecule is Cc1ccc(C(=O)Cc2cccc(F)c2)cc1Cl. The molecule has 2 aromatic carbocycles. The Kier molecular flexibility index (Phi) is 3.78. The molecule has 18 heavy (non-hydrogen) atoms. The first-order valence-corrected chi connectivity index (χ1v) is 5.98. The first-order valence-electron chi connectivity index (χ1n) is 5.60. The number of aryl methyl sites for hydroxylation is 1. The van der Waals surface area contributed by atoms with Gasteiger partial charge < -0.3 is 0 Å². The second kappa shape index (κ2) is 5.32. The van der Waals surface area contributed by atoms with Crippen LogP contribution in [0.3, 0.4) is 0 Å². The van der Waals surface area contributed by atoms with Gasteiger partial charge in [-0.3, -0.25) is 4.79 Å². The Morgan fingerprint density at radius 1 is 1.22 bits per heavy atom. The highest BCUT2D eigenvalue weighted by atomic mass is 35.5. The second-order valence-corrected chi connectivity index (χ2v) is 4.60. The number of rotatable bonds is 3. The van der Waals surface area contributed by atoms with E-state index in [-0.39, 0.29) is 18.0 Å². The number of halogens is 2. The molecule has 0 bridgehead atoms. The van der Waals surface area contributed by atoms with Gasteiger partial charge in [-0.2, -0.15) is 0 Å². The zero-order valence-corrected chi connectivity index (χ0v) is 10.7. The van der Waals surface area contributed by atoms with E-state index < -0.39 is 0 Å². The molecule has 0 saturated heterocycles. The second-order valence-electron chi connectivity index (χ2n) is 4.19. The molecule has 0 amide bonds. The fourth-order valence-electron chi connectivity index (χ4n) is 1.70. The summed E-state index contributed by atoms with van der Waals surface area (Å²) in [6.45, 7) is 1.88. The molecule has 0 fully saturated rings. The minimum atomic E-state index is -0.331. The molecule has 0 aliphatic rings. The van der Waals surface area contributed by atoms with E-state index in [1.807, 2.05) is 6.92 Å². The van der Waals surface area contributed by atoms with Crippen LogP contribution in [0.1, 0.15) is 21.5 Å². The third-order valence-electron chi connectivity index (χ3n) is 2.75. The van der Waals surface area contributed by atoms with E-state index in [2.05, 4.69) is 0 Å². The molecule has 92 valence electrons. The molecule has 3 heteroatoms. The summed E-state index contributed by atoms with van der Waals surface area (Å²) in [5.74, 6) is -0.398. The van der Waals surface area contributed by atoms with E-state index in [9.17, 15) is 9.18 Å². The van der Waals surface area contributed by atoms with Crippen LogP contribution in [-0.4, -0.2) is 5.78 Å². The van der Waals surface area contributed by atoms with Crippen molar-refractivity contribution >= 4 is 17.4 Å². The van der Waals surface area contributed by atoms with Crippen LogP contribution in [0, 0.1) is 12.7 Å². The summed E-state index contributed by atoms with van der Waals surface area (Å²) in [5.41, 5.74) is 2.14. The molecule has 0 aliphatic carbocycles. The number of carbonyl (C=O) groups excluding carboxylic acids is 1. The first kappa shape index (κ1) is 12.8. The summed E-state index contributed by atoms with van der Waals surface area (Å²) in [7, 11) is 0. The van der Waals surface area contributed by atoms with Crippen molar-refractivity contribution in [3.05, 3.63) is 70.0 Å². The summed E-state index contributed by atoms with van der Waals surface area (Å²) in [6.07, 6.45) is 0.178. The lowest BCUT2D eigenvalue weighted by molar-refractivity contribution is 0.0993. The van der Waals surface area contributed by atoms with Gasteiger partial charge in [0.25, 0.3) is 0 Å². The van der Waals surface area contributed by atoms with Crippen molar-refractivity contribution in [1.82, 2.24) is 0 Å². The van der Waals surface area contributed by atoms with Gasteiger partial charge in [0.1, 0.15) is 5.82 Å². The van der Waals surface area contributed by atoms with E-state index >= 15 is 0 Å². The molecule has 0 spiro atoms. The van der Waals surface area contributed by atoms with Gasteiger partial charge in [-0.15, -0.1) is 0 Å². The zero-order valence-electron chi connectivity index (χ0n) is 9.91. The van der Waals surface area contributed by atoms with E-state index in [4.69, 9.17) is 11.6 Å². The average Bonchev–Trinajstić information content (AvgIpc) is 2.32. The summed E-state index contributed by atoms with van der Waals surface area (Å²) in [5, 5.41) is 0.570. The van der Waals surface area contributed by atoms with Gasteiger partial charge in [-0.25, -0.2) is 4.39 Å². The van der Waals surface area contributed by atoms with Crippen molar-refractivity contribution in [2.24, 2.45) is 0 Å². The van der Waals surface area contributed by atoms with E-state index in [0.717, 1.165) is 5.56 Å². The van der Waals surface area contributed by atoms with Crippen LogP contribution in [0.4, 0.5) is 4.39 Å². The molecular formula is C15H12ClFO. The van der Waals surface area contributed by atoms with Gasteiger partial charge in [0.05, 0.1) is 0 Å². The monoisotopic (exact) mass is 262 g/mol. The Bertz CT molecular complexity index is 593. The maximum atomic E-state index is 13.0. The topological polar surface area (TPSA) is 17.1 Å². The summed E-state index contributed by atoms with van der Waals surface area (Å²) < 4.78 is 13.0. The normalized spacial score (nSPS) is 10.4. The Hall–Kier alpha value is -1.67. The standard InChI is InChI=1S/C15H12ClFO/c1-10-5-6-12(9-14(10)16)15(18)8-11-3-2-4-13(17)7-11/h2-7,9H,8H2,1H3. The molecule has 1 nitrogen and oxygen atoms in total. The first-order chi connectivity index (χ1) is 8.56. The van der Waals surface area contributed by atoms with Crippen molar-refractivity contribution in [1.29, 1.82) is 0 Å². The van der Waals surface area contributed by atoms with E-state index in [1.165, 1.54) is 12.1 Å². The molecule has 0 atom stereocenters. The predicted molar refractivity (Wildman–Crippen MR) is 70.6 cm³/mol. The van der Waals surface area contributed by atoms with Crippen LogP contribution in [0.2, 0.25) is 5.02 Å².